The normalized spacial score (nSPS) is 13.6. The highest BCUT2D eigenvalue weighted by atomic mass is 19.4. The lowest BCUT2D eigenvalue weighted by Crippen LogP contribution is -2.19. The van der Waals surface area contributed by atoms with Crippen molar-refractivity contribution in [3.05, 3.63) is 60.1 Å². The Balaban J connectivity index is 0.000000763. The minimum Gasteiger partial charge on any atom is -0.406 e. The second kappa shape index (κ2) is 17.0. The molecule has 0 aliphatic heterocycles. The van der Waals surface area contributed by atoms with E-state index < -0.39 is 30.7 Å². The van der Waals surface area contributed by atoms with Crippen molar-refractivity contribution in [1.82, 2.24) is 4.98 Å². The molecule has 3 unspecified atom stereocenters. The second-order valence-corrected chi connectivity index (χ2v) is 9.61. The first-order valence-electron chi connectivity index (χ1n) is 13.6. The number of aliphatic hydroxyl groups is 2. The van der Waals surface area contributed by atoms with Crippen molar-refractivity contribution in [2.45, 2.75) is 85.1 Å². The maximum Gasteiger partial charge on any atom is 0.573 e. The predicted molar refractivity (Wildman–Crippen MR) is 149 cm³/mol. The fraction of sp³-hybridized carbons (Fsp3) is 0.533. The van der Waals surface area contributed by atoms with Gasteiger partial charge in [-0.3, -0.25) is 4.79 Å². The summed E-state index contributed by atoms with van der Waals surface area (Å²) in [6.07, 6.45) is 0.153. The van der Waals surface area contributed by atoms with E-state index in [0.717, 1.165) is 31.2 Å². The summed E-state index contributed by atoms with van der Waals surface area (Å²) in [6, 6.07) is 7.13. The average Bonchev–Trinajstić information content (AvgIpc) is 2.92. The second-order valence-electron chi connectivity index (χ2n) is 9.61. The number of anilines is 2. The molecule has 0 fully saturated rings. The van der Waals surface area contributed by atoms with Crippen LogP contribution in [-0.4, -0.2) is 33.9 Å². The lowest BCUT2D eigenvalue weighted by Gasteiger charge is -2.30. The van der Waals surface area contributed by atoms with E-state index in [4.69, 9.17) is 0 Å². The van der Waals surface area contributed by atoms with Crippen LogP contribution < -0.4 is 10.1 Å². The van der Waals surface area contributed by atoms with Crippen molar-refractivity contribution in [2.24, 2.45) is 11.8 Å². The summed E-state index contributed by atoms with van der Waals surface area (Å²) in [4.78, 5) is 15.1. The van der Waals surface area contributed by atoms with Gasteiger partial charge in [-0.1, -0.05) is 60.5 Å². The maximum atomic E-state index is 12.4. The average molecular weight is 571 g/mol. The molecule has 224 valence electrons. The minimum absolute atomic E-state index is 0.111. The van der Waals surface area contributed by atoms with Gasteiger partial charge in [-0.2, -0.15) is 0 Å². The topological polar surface area (TPSA) is 91.7 Å². The van der Waals surface area contributed by atoms with Gasteiger partial charge in [0.2, 0.25) is 0 Å². The molecule has 2 rings (SSSR count). The van der Waals surface area contributed by atoms with Gasteiger partial charge in [0.05, 0.1) is 6.61 Å². The van der Waals surface area contributed by atoms with Crippen LogP contribution in [0.5, 0.6) is 5.75 Å². The zero-order chi connectivity index (χ0) is 30.5. The first-order valence-corrected chi connectivity index (χ1v) is 13.6. The van der Waals surface area contributed by atoms with Crippen molar-refractivity contribution < 1.29 is 37.3 Å². The van der Waals surface area contributed by atoms with E-state index in [1.54, 1.807) is 19.2 Å². The first-order chi connectivity index (χ1) is 18.8. The number of Topliss-reactive ketones (excluding diaryl/α,β-unsaturated/α-hetero) is 1. The molecule has 1 aromatic carbocycles. The lowest BCUT2D eigenvalue weighted by molar-refractivity contribution is -0.274. The number of allylic oxidation sites excluding steroid dienone is 1. The summed E-state index contributed by atoms with van der Waals surface area (Å²) in [6.45, 7) is 12.4. The summed E-state index contributed by atoms with van der Waals surface area (Å²) in [7, 11) is 0. The highest BCUT2D eigenvalue weighted by Crippen LogP contribution is 2.41. The van der Waals surface area contributed by atoms with Crippen LogP contribution in [-0.2, 0) is 4.79 Å². The molecule has 0 aliphatic carbocycles. The summed E-state index contributed by atoms with van der Waals surface area (Å²) in [5, 5.41) is 23.2. The first kappa shape index (κ1) is 35.0. The van der Waals surface area contributed by atoms with Crippen LogP contribution in [0.25, 0.3) is 0 Å². The molecule has 0 saturated heterocycles. The molecule has 1 heterocycles. The Labute approximate surface area is 234 Å². The standard InChI is InChI=1S/C23H31F3N2O3.C7H11FO/c1-4-7-18(15(5-2)6-3)21-19(20(30)14-29)12-13-27-22(21)28-16-8-10-17(11-9-16)31-23(24,25)26;1-4-5(2)7(9)6(3)8/h8-13,15,18,20,29-30H,4-7,14H2,1-3H3,(H,27,28);5H,3-4H2,1-2H3. The summed E-state index contributed by atoms with van der Waals surface area (Å²) >= 11 is 0. The molecule has 40 heavy (non-hydrogen) atoms. The molecule has 3 N–H and O–H groups in total. The van der Waals surface area contributed by atoms with Crippen molar-refractivity contribution in [1.29, 1.82) is 0 Å². The van der Waals surface area contributed by atoms with Gasteiger partial charge in [0.25, 0.3) is 0 Å². The van der Waals surface area contributed by atoms with Crippen molar-refractivity contribution >= 4 is 17.3 Å². The number of carbonyl (C=O) groups is 1. The number of rotatable bonds is 14. The Morgan fingerprint density at radius 2 is 1.68 bits per heavy atom. The molecule has 2 aromatic rings. The van der Waals surface area contributed by atoms with Gasteiger partial charge >= 0.3 is 6.36 Å². The fourth-order valence-electron chi connectivity index (χ4n) is 4.48. The van der Waals surface area contributed by atoms with Crippen LogP contribution in [0, 0.1) is 11.8 Å². The number of hydrogen-bond acceptors (Lipinski definition) is 6. The van der Waals surface area contributed by atoms with Crippen LogP contribution in [0.2, 0.25) is 0 Å². The number of benzene rings is 1. The van der Waals surface area contributed by atoms with Crippen molar-refractivity contribution in [2.75, 3.05) is 11.9 Å². The monoisotopic (exact) mass is 570 g/mol. The molecular weight excluding hydrogens is 528 g/mol. The number of ketones is 1. The van der Waals surface area contributed by atoms with E-state index in [1.807, 2.05) is 6.92 Å². The van der Waals surface area contributed by atoms with E-state index >= 15 is 0 Å². The van der Waals surface area contributed by atoms with Crippen molar-refractivity contribution in [3.63, 3.8) is 0 Å². The molecule has 0 aliphatic rings. The van der Waals surface area contributed by atoms with Crippen molar-refractivity contribution in [3.8, 4) is 5.75 Å². The molecular formula is C30H42F4N2O4. The number of nitrogens with one attached hydrogen (secondary N) is 1. The molecule has 3 atom stereocenters. The molecule has 0 spiro atoms. The van der Waals surface area contributed by atoms with E-state index in [-0.39, 0.29) is 17.6 Å². The lowest BCUT2D eigenvalue weighted by atomic mass is 9.77. The summed E-state index contributed by atoms with van der Waals surface area (Å²) in [5.74, 6) is -0.835. The summed E-state index contributed by atoms with van der Waals surface area (Å²) < 4.78 is 53.1. The van der Waals surface area contributed by atoms with Crippen LogP contribution >= 0.6 is 0 Å². The van der Waals surface area contributed by atoms with Crippen LogP contribution in [0.3, 0.4) is 0 Å². The molecule has 1 aromatic heterocycles. The molecule has 0 amide bonds. The van der Waals surface area contributed by atoms with E-state index in [1.165, 1.54) is 24.3 Å². The van der Waals surface area contributed by atoms with Gasteiger partial charge in [-0.25, -0.2) is 9.37 Å². The predicted octanol–water partition coefficient (Wildman–Crippen LogP) is 8.15. The Kier molecular flexibility index (Phi) is 14.9. The largest absolute Gasteiger partial charge is 0.573 e. The van der Waals surface area contributed by atoms with E-state index in [2.05, 4.69) is 42.4 Å². The number of alkyl halides is 3. The van der Waals surface area contributed by atoms with Crippen LogP contribution in [0.4, 0.5) is 29.1 Å². The number of carbonyl (C=O) groups excluding carboxylic acids is 1. The Morgan fingerprint density at radius 1 is 1.07 bits per heavy atom. The van der Waals surface area contributed by atoms with Crippen LogP contribution in [0.15, 0.2) is 48.9 Å². The number of nitrogens with zero attached hydrogens (tertiary/aromatic N) is 1. The number of halogens is 4. The number of pyridine rings is 1. The summed E-state index contributed by atoms with van der Waals surface area (Å²) in [5.41, 5.74) is 2.00. The van der Waals surface area contributed by atoms with Gasteiger partial charge in [0.1, 0.15) is 17.7 Å². The number of hydrogen-bond donors (Lipinski definition) is 3. The van der Waals surface area contributed by atoms with Gasteiger partial charge in [0.15, 0.2) is 11.6 Å². The van der Waals surface area contributed by atoms with E-state index in [0.29, 0.717) is 29.4 Å². The number of aromatic nitrogens is 1. The van der Waals surface area contributed by atoms with Gasteiger partial charge < -0.3 is 20.3 Å². The molecule has 10 heteroatoms. The molecule has 0 bridgehead atoms. The van der Waals surface area contributed by atoms with Gasteiger partial charge in [0, 0.05) is 23.4 Å². The number of ether oxygens (including phenoxy) is 1. The quantitative estimate of drug-likeness (QED) is 0.157. The third-order valence-corrected chi connectivity index (χ3v) is 6.82. The molecule has 0 saturated carbocycles. The number of aliphatic hydroxyl groups excluding tert-OH is 2. The van der Waals surface area contributed by atoms with Gasteiger partial charge in [-0.05, 0) is 60.6 Å². The Morgan fingerprint density at radius 3 is 2.10 bits per heavy atom. The SMILES string of the molecule is C=C(F)C(=O)C(C)CC.CCCC(c1c(C(O)CO)ccnc1Nc1ccc(OC(F)(F)F)cc1)C(CC)CC. The van der Waals surface area contributed by atoms with Crippen LogP contribution in [0.1, 0.15) is 89.9 Å². The third kappa shape index (κ3) is 10.9. The molecule has 6 nitrogen and oxygen atoms in total. The minimum atomic E-state index is -4.75. The molecule has 0 radical (unpaired) electrons. The zero-order valence-corrected chi connectivity index (χ0v) is 23.9. The smallest absolute Gasteiger partial charge is 0.406 e. The highest BCUT2D eigenvalue weighted by Gasteiger charge is 2.31. The third-order valence-electron chi connectivity index (χ3n) is 6.82. The Hall–Kier alpha value is -2.98. The zero-order valence-electron chi connectivity index (χ0n) is 23.9. The fourth-order valence-corrected chi connectivity index (χ4v) is 4.48. The van der Waals surface area contributed by atoms with Gasteiger partial charge in [-0.15, -0.1) is 13.2 Å². The maximum absolute atomic E-state index is 12.4. The van der Waals surface area contributed by atoms with E-state index in [9.17, 15) is 32.6 Å². The highest BCUT2D eigenvalue weighted by molar-refractivity contribution is 5.94. The Bertz CT molecular complexity index is 1060.